The van der Waals surface area contributed by atoms with Crippen LogP contribution in [0.5, 0.6) is 5.75 Å². The summed E-state index contributed by atoms with van der Waals surface area (Å²) in [7, 11) is 1.59. The lowest BCUT2D eigenvalue weighted by Crippen LogP contribution is -2.14. The van der Waals surface area contributed by atoms with Gasteiger partial charge >= 0.3 is 5.97 Å². The maximum absolute atomic E-state index is 10.7. The molecule has 0 aliphatic rings. The molecule has 102 valence electrons. The highest BCUT2D eigenvalue weighted by Crippen LogP contribution is 2.33. The van der Waals surface area contributed by atoms with Crippen molar-refractivity contribution >= 4 is 17.3 Å². The fourth-order valence-electron chi connectivity index (χ4n) is 1.77. The van der Waals surface area contributed by atoms with Crippen LogP contribution in [0.1, 0.15) is 13.3 Å². The Kier molecular flexibility index (Phi) is 4.10. The highest BCUT2D eigenvalue weighted by molar-refractivity contribution is 7.13. The molecule has 0 radical (unpaired) electrons. The van der Waals surface area contributed by atoms with Crippen LogP contribution in [-0.4, -0.2) is 38.4 Å². The zero-order valence-corrected chi connectivity index (χ0v) is 11.4. The third-order valence-electron chi connectivity index (χ3n) is 2.59. The number of rotatable bonds is 6. The van der Waals surface area contributed by atoms with E-state index in [4.69, 9.17) is 9.84 Å². The topological polar surface area (TPSA) is 90.1 Å². The molecular weight excluding hydrogens is 268 g/mol. The minimum atomic E-state index is -0.823. The molecule has 0 aliphatic carbocycles. The quantitative estimate of drug-likeness (QED) is 0.864. The minimum Gasteiger partial charge on any atom is -0.495 e. The Balaban J connectivity index is 2.20. The number of carboxylic acids is 1. The lowest BCUT2D eigenvalue weighted by atomic mass is 10.1. The van der Waals surface area contributed by atoms with E-state index in [9.17, 15) is 4.79 Å². The molecule has 1 N–H and O–H groups in total. The number of methoxy groups -OCH3 is 1. The molecule has 0 aliphatic heterocycles. The summed E-state index contributed by atoms with van der Waals surface area (Å²) in [5.74, 6) is 0.442. The lowest BCUT2D eigenvalue weighted by molar-refractivity contribution is -0.138. The normalized spacial score (nSPS) is 12.3. The van der Waals surface area contributed by atoms with Crippen LogP contribution < -0.4 is 4.74 Å². The van der Waals surface area contributed by atoms with Crippen LogP contribution in [0.2, 0.25) is 0 Å². The first kappa shape index (κ1) is 13.5. The number of hydrogen-bond donors (Lipinski definition) is 1. The second-order valence-electron chi connectivity index (χ2n) is 4.21. The maximum Gasteiger partial charge on any atom is 0.303 e. The fraction of sp³-hybridized carbons (Fsp3) is 0.455. The van der Waals surface area contributed by atoms with Crippen LogP contribution >= 0.6 is 11.3 Å². The molecular formula is C11H14N4O3S. The van der Waals surface area contributed by atoms with Gasteiger partial charge in [-0.15, -0.1) is 16.4 Å². The van der Waals surface area contributed by atoms with Crippen molar-refractivity contribution < 1.29 is 14.6 Å². The predicted octanol–water partition coefficient (Wildman–Crippen LogP) is 1.52. The molecule has 7 nitrogen and oxygen atoms in total. The maximum atomic E-state index is 10.7. The first-order valence-electron chi connectivity index (χ1n) is 5.71. The SMILES string of the molecule is COc1ccsc1-c1nnnn1CC(C)CC(=O)O. The first-order valence-corrected chi connectivity index (χ1v) is 6.59. The van der Waals surface area contributed by atoms with Gasteiger partial charge in [-0.05, 0) is 27.8 Å². The van der Waals surface area contributed by atoms with Crippen molar-refractivity contribution in [2.75, 3.05) is 7.11 Å². The smallest absolute Gasteiger partial charge is 0.303 e. The zero-order chi connectivity index (χ0) is 13.8. The highest BCUT2D eigenvalue weighted by Gasteiger charge is 2.18. The molecule has 0 aromatic carbocycles. The lowest BCUT2D eigenvalue weighted by Gasteiger charge is -2.09. The number of ether oxygens (including phenoxy) is 1. The summed E-state index contributed by atoms with van der Waals surface area (Å²) in [6.45, 7) is 2.31. The van der Waals surface area contributed by atoms with E-state index >= 15 is 0 Å². The Bertz CT molecular complexity index is 566. The van der Waals surface area contributed by atoms with Crippen LogP contribution in [0.15, 0.2) is 11.4 Å². The molecule has 0 saturated heterocycles. The summed E-state index contributed by atoms with van der Waals surface area (Å²) in [6.07, 6.45) is 0.0842. The number of hydrogen-bond acceptors (Lipinski definition) is 6. The van der Waals surface area contributed by atoms with E-state index in [1.165, 1.54) is 11.3 Å². The van der Waals surface area contributed by atoms with Gasteiger partial charge in [-0.3, -0.25) is 4.79 Å². The van der Waals surface area contributed by atoms with Gasteiger partial charge in [0, 0.05) is 13.0 Å². The summed E-state index contributed by atoms with van der Waals surface area (Å²) >= 11 is 1.48. The minimum absolute atomic E-state index is 0.0503. The molecule has 0 saturated carbocycles. The van der Waals surface area contributed by atoms with Gasteiger partial charge in [0.05, 0.1) is 7.11 Å². The standard InChI is InChI=1S/C11H14N4O3S/c1-7(5-9(16)17)6-15-11(12-13-14-15)10-8(18-2)3-4-19-10/h3-4,7H,5-6H2,1-2H3,(H,16,17). The zero-order valence-electron chi connectivity index (χ0n) is 10.6. The molecule has 0 amide bonds. The van der Waals surface area contributed by atoms with Crippen LogP contribution in [0.25, 0.3) is 10.7 Å². The monoisotopic (exact) mass is 282 g/mol. The molecule has 8 heteroatoms. The van der Waals surface area contributed by atoms with Crippen LogP contribution in [-0.2, 0) is 11.3 Å². The van der Waals surface area contributed by atoms with Gasteiger partial charge in [0.2, 0.25) is 0 Å². The van der Waals surface area contributed by atoms with E-state index in [2.05, 4.69) is 15.5 Å². The second kappa shape index (κ2) is 5.79. The van der Waals surface area contributed by atoms with Crippen LogP contribution in [0.3, 0.4) is 0 Å². The summed E-state index contributed by atoms with van der Waals surface area (Å²) in [6, 6.07) is 1.85. The van der Waals surface area contributed by atoms with E-state index in [1.54, 1.807) is 11.8 Å². The van der Waals surface area contributed by atoms with Gasteiger partial charge < -0.3 is 9.84 Å². The molecule has 1 atom stereocenters. The first-order chi connectivity index (χ1) is 9.11. The molecule has 19 heavy (non-hydrogen) atoms. The van der Waals surface area contributed by atoms with Gasteiger partial charge in [-0.2, -0.15) is 0 Å². The van der Waals surface area contributed by atoms with E-state index < -0.39 is 5.97 Å². The van der Waals surface area contributed by atoms with Crippen LogP contribution in [0.4, 0.5) is 0 Å². The molecule has 2 rings (SSSR count). The number of carbonyl (C=O) groups is 1. The fourth-order valence-corrected chi connectivity index (χ4v) is 2.62. The van der Waals surface area contributed by atoms with E-state index in [-0.39, 0.29) is 12.3 Å². The van der Waals surface area contributed by atoms with Crippen LogP contribution in [0, 0.1) is 5.92 Å². The third-order valence-corrected chi connectivity index (χ3v) is 3.48. The summed E-state index contributed by atoms with van der Waals surface area (Å²) in [5, 5.41) is 22.2. The average molecular weight is 282 g/mol. The van der Waals surface area contributed by atoms with Crippen molar-refractivity contribution in [2.45, 2.75) is 19.9 Å². The van der Waals surface area contributed by atoms with Gasteiger partial charge in [-0.1, -0.05) is 6.92 Å². The summed E-state index contributed by atoms with van der Waals surface area (Å²) < 4.78 is 6.85. The van der Waals surface area contributed by atoms with Crippen molar-refractivity contribution in [3.63, 3.8) is 0 Å². The number of carboxylic acid groups (broad SMARTS) is 1. The van der Waals surface area contributed by atoms with Gasteiger partial charge in [0.1, 0.15) is 10.6 Å². The van der Waals surface area contributed by atoms with Gasteiger partial charge in [0.25, 0.3) is 0 Å². The van der Waals surface area contributed by atoms with Crippen molar-refractivity contribution in [3.05, 3.63) is 11.4 Å². The molecule has 2 heterocycles. The number of tetrazole rings is 1. The van der Waals surface area contributed by atoms with Crippen molar-refractivity contribution in [1.29, 1.82) is 0 Å². The number of thiophene rings is 1. The Morgan fingerprint density at radius 1 is 1.63 bits per heavy atom. The Hall–Kier alpha value is -1.96. The van der Waals surface area contributed by atoms with Crippen molar-refractivity contribution in [1.82, 2.24) is 20.2 Å². The second-order valence-corrected chi connectivity index (χ2v) is 5.12. The molecule has 2 aromatic rings. The largest absolute Gasteiger partial charge is 0.495 e. The van der Waals surface area contributed by atoms with Gasteiger partial charge in [-0.25, -0.2) is 4.68 Å². The number of aromatic nitrogens is 4. The molecule has 1 unspecified atom stereocenters. The highest BCUT2D eigenvalue weighted by atomic mass is 32.1. The molecule has 0 bridgehead atoms. The molecule has 0 spiro atoms. The van der Waals surface area contributed by atoms with Gasteiger partial charge in [0.15, 0.2) is 5.82 Å². The number of nitrogens with zero attached hydrogens (tertiary/aromatic N) is 4. The number of aliphatic carboxylic acids is 1. The average Bonchev–Trinajstić information content (AvgIpc) is 2.94. The Morgan fingerprint density at radius 3 is 3.11 bits per heavy atom. The van der Waals surface area contributed by atoms with Crippen molar-refractivity contribution in [3.8, 4) is 16.5 Å². The third kappa shape index (κ3) is 3.08. The van der Waals surface area contributed by atoms with Crippen molar-refractivity contribution in [2.24, 2.45) is 5.92 Å². The van der Waals surface area contributed by atoms with E-state index in [1.807, 2.05) is 18.4 Å². The Labute approximate surface area is 113 Å². The molecule has 0 fully saturated rings. The summed E-state index contributed by atoms with van der Waals surface area (Å²) in [5.41, 5.74) is 0. The van der Waals surface area contributed by atoms with E-state index in [0.29, 0.717) is 18.1 Å². The molecule has 2 aromatic heterocycles. The van der Waals surface area contributed by atoms with E-state index in [0.717, 1.165) is 4.88 Å². The Morgan fingerprint density at radius 2 is 2.42 bits per heavy atom. The summed E-state index contributed by atoms with van der Waals surface area (Å²) in [4.78, 5) is 11.5. The predicted molar refractivity (Wildman–Crippen MR) is 69.1 cm³/mol.